The highest BCUT2D eigenvalue weighted by Gasteiger charge is 2.33. The minimum absolute atomic E-state index is 0.0643. The molecule has 8 heteroatoms. The number of aromatic amines is 1. The lowest BCUT2D eigenvalue weighted by molar-refractivity contribution is -0.139. The van der Waals surface area contributed by atoms with Gasteiger partial charge in [-0.1, -0.05) is 0 Å². The summed E-state index contributed by atoms with van der Waals surface area (Å²) in [4.78, 5) is 28.4. The monoisotopic (exact) mass is 337 g/mol. The van der Waals surface area contributed by atoms with Crippen LogP contribution in [0.4, 0.5) is 0 Å². The molecule has 2 rings (SSSR count). The first-order valence-corrected chi connectivity index (χ1v) is 8.22. The SMILES string of the molecule is COCc1cc(CN(C)C(=O)C[C@@H]2C(=O)NCCN2C(C)C)[nH]n1. The average Bonchev–Trinajstić information content (AvgIpc) is 2.96. The lowest BCUT2D eigenvalue weighted by Crippen LogP contribution is -2.58. The van der Waals surface area contributed by atoms with E-state index in [1.807, 2.05) is 19.9 Å². The van der Waals surface area contributed by atoms with E-state index in [9.17, 15) is 9.59 Å². The molecule has 0 spiro atoms. The first kappa shape index (κ1) is 18.4. The Morgan fingerprint density at radius 3 is 2.96 bits per heavy atom. The Morgan fingerprint density at radius 2 is 2.29 bits per heavy atom. The van der Waals surface area contributed by atoms with E-state index in [1.54, 1.807) is 19.1 Å². The highest BCUT2D eigenvalue weighted by atomic mass is 16.5. The maximum absolute atomic E-state index is 12.5. The molecule has 1 atom stereocenters. The second kappa shape index (κ2) is 8.25. The van der Waals surface area contributed by atoms with Crippen molar-refractivity contribution in [3.8, 4) is 0 Å². The van der Waals surface area contributed by atoms with Gasteiger partial charge in [-0.15, -0.1) is 0 Å². The molecule has 1 saturated heterocycles. The van der Waals surface area contributed by atoms with E-state index in [0.717, 1.165) is 17.9 Å². The summed E-state index contributed by atoms with van der Waals surface area (Å²) >= 11 is 0. The summed E-state index contributed by atoms with van der Waals surface area (Å²) in [5.74, 6) is -0.133. The van der Waals surface area contributed by atoms with Crippen LogP contribution >= 0.6 is 0 Å². The van der Waals surface area contributed by atoms with E-state index in [0.29, 0.717) is 19.7 Å². The van der Waals surface area contributed by atoms with Gasteiger partial charge in [0.2, 0.25) is 11.8 Å². The van der Waals surface area contributed by atoms with E-state index >= 15 is 0 Å². The van der Waals surface area contributed by atoms with Crippen molar-refractivity contribution in [2.24, 2.45) is 0 Å². The van der Waals surface area contributed by atoms with Crippen LogP contribution in [-0.4, -0.2) is 71.1 Å². The number of carbonyl (C=O) groups is 2. The summed E-state index contributed by atoms with van der Waals surface area (Å²) in [6.07, 6.45) is 0.180. The Kier molecular flexibility index (Phi) is 6.33. The van der Waals surface area contributed by atoms with Crippen LogP contribution in [0.3, 0.4) is 0 Å². The Morgan fingerprint density at radius 1 is 1.54 bits per heavy atom. The maximum atomic E-state index is 12.5. The van der Waals surface area contributed by atoms with Gasteiger partial charge in [0.05, 0.1) is 37.0 Å². The molecule has 2 N–H and O–H groups in total. The predicted molar refractivity (Wildman–Crippen MR) is 89.0 cm³/mol. The third kappa shape index (κ3) is 4.55. The first-order valence-electron chi connectivity index (χ1n) is 8.22. The number of hydrogen-bond acceptors (Lipinski definition) is 5. The molecule has 0 bridgehead atoms. The van der Waals surface area contributed by atoms with E-state index in [4.69, 9.17) is 4.74 Å². The summed E-state index contributed by atoms with van der Waals surface area (Å²) in [5.41, 5.74) is 1.64. The number of nitrogens with zero attached hydrogens (tertiary/aromatic N) is 3. The minimum Gasteiger partial charge on any atom is -0.378 e. The molecule has 2 amide bonds. The number of methoxy groups -OCH3 is 1. The highest BCUT2D eigenvalue weighted by Crippen LogP contribution is 2.14. The summed E-state index contributed by atoms with van der Waals surface area (Å²) in [5, 5.41) is 9.87. The summed E-state index contributed by atoms with van der Waals surface area (Å²) in [7, 11) is 3.35. The number of aromatic nitrogens is 2. The van der Waals surface area contributed by atoms with Crippen molar-refractivity contribution in [1.29, 1.82) is 0 Å². The molecule has 0 aliphatic carbocycles. The summed E-state index contributed by atoms with van der Waals surface area (Å²) in [6.45, 7) is 6.34. The molecule has 134 valence electrons. The van der Waals surface area contributed by atoms with Gasteiger partial charge in [0.25, 0.3) is 0 Å². The molecule has 24 heavy (non-hydrogen) atoms. The average molecular weight is 337 g/mol. The van der Waals surface area contributed by atoms with E-state index in [-0.39, 0.29) is 24.3 Å². The van der Waals surface area contributed by atoms with Crippen molar-refractivity contribution in [2.75, 3.05) is 27.2 Å². The number of rotatable bonds is 7. The minimum atomic E-state index is -0.403. The van der Waals surface area contributed by atoms with Gasteiger partial charge in [-0.3, -0.25) is 19.6 Å². The zero-order valence-corrected chi connectivity index (χ0v) is 14.8. The summed E-state index contributed by atoms with van der Waals surface area (Å²) < 4.78 is 5.03. The molecule has 8 nitrogen and oxygen atoms in total. The second-order valence-electron chi connectivity index (χ2n) is 6.41. The Labute approximate surface area is 142 Å². The van der Waals surface area contributed by atoms with Crippen molar-refractivity contribution in [3.05, 3.63) is 17.5 Å². The van der Waals surface area contributed by atoms with Crippen molar-refractivity contribution in [1.82, 2.24) is 25.3 Å². The topological polar surface area (TPSA) is 90.6 Å². The van der Waals surface area contributed by atoms with E-state index in [1.165, 1.54) is 0 Å². The Bertz CT molecular complexity index is 572. The van der Waals surface area contributed by atoms with Gasteiger partial charge in [-0.2, -0.15) is 5.10 Å². The predicted octanol–water partition coefficient (Wildman–Crippen LogP) is 0.113. The fraction of sp³-hybridized carbons (Fsp3) is 0.688. The molecule has 1 fully saturated rings. The van der Waals surface area contributed by atoms with Crippen molar-refractivity contribution in [2.45, 2.75) is 45.5 Å². The number of ether oxygens (including phenoxy) is 1. The molecule has 1 aliphatic heterocycles. The molecule has 0 saturated carbocycles. The fourth-order valence-corrected chi connectivity index (χ4v) is 2.94. The van der Waals surface area contributed by atoms with Crippen molar-refractivity contribution < 1.29 is 14.3 Å². The first-order chi connectivity index (χ1) is 11.4. The standard InChI is InChI=1S/C16H27N5O3/c1-11(2)21-6-5-17-16(23)14(21)8-15(22)20(3)9-12-7-13(10-24-4)19-18-12/h7,11,14H,5-6,8-10H2,1-4H3,(H,17,23)(H,18,19)/t14-/m1/s1. The number of carbonyl (C=O) groups excluding carboxylic acids is 2. The number of amides is 2. The molecule has 2 heterocycles. The zero-order valence-electron chi connectivity index (χ0n) is 14.8. The largest absolute Gasteiger partial charge is 0.378 e. The molecule has 0 radical (unpaired) electrons. The summed E-state index contributed by atoms with van der Waals surface area (Å²) in [6, 6.07) is 1.70. The number of hydrogen-bond donors (Lipinski definition) is 2. The Hall–Kier alpha value is -1.93. The molecular weight excluding hydrogens is 310 g/mol. The molecule has 0 aromatic carbocycles. The second-order valence-corrected chi connectivity index (χ2v) is 6.41. The van der Waals surface area contributed by atoms with Gasteiger partial charge in [-0.25, -0.2) is 0 Å². The third-order valence-corrected chi connectivity index (χ3v) is 4.21. The van der Waals surface area contributed by atoms with Crippen LogP contribution in [0.2, 0.25) is 0 Å². The number of piperazine rings is 1. The van der Waals surface area contributed by atoms with Crippen molar-refractivity contribution in [3.63, 3.8) is 0 Å². The van der Waals surface area contributed by atoms with Crippen LogP contribution in [0.25, 0.3) is 0 Å². The highest BCUT2D eigenvalue weighted by molar-refractivity contribution is 5.88. The van der Waals surface area contributed by atoms with Crippen molar-refractivity contribution >= 4 is 11.8 Å². The Balaban J connectivity index is 1.95. The van der Waals surface area contributed by atoms with Gasteiger partial charge in [0.1, 0.15) is 0 Å². The maximum Gasteiger partial charge on any atom is 0.237 e. The van der Waals surface area contributed by atoms with Gasteiger partial charge in [0, 0.05) is 33.3 Å². The van der Waals surface area contributed by atoms with E-state index < -0.39 is 6.04 Å². The quantitative estimate of drug-likeness (QED) is 0.737. The van der Waals surface area contributed by atoms with Crippen LogP contribution in [0.15, 0.2) is 6.07 Å². The number of nitrogens with one attached hydrogen (secondary N) is 2. The molecule has 1 aliphatic rings. The smallest absolute Gasteiger partial charge is 0.237 e. The molecule has 0 unspecified atom stereocenters. The van der Waals surface area contributed by atoms with Crippen LogP contribution in [0, 0.1) is 0 Å². The van der Waals surface area contributed by atoms with Gasteiger partial charge < -0.3 is 15.0 Å². The molecule has 1 aromatic rings. The van der Waals surface area contributed by atoms with Crippen LogP contribution < -0.4 is 5.32 Å². The fourth-order valence-electron chi connectivity index (χ4n) is 2.94. The van der Waals surface area contributed by atoms with Crippen LogP contribution in [-0.2, 0) is 27.5 Å². The lowest BCUT2D eigenvalue weighted by Gasteiger charge is -2.38. The lowest BCUT2D eigenvalue weighted by atomic mass is 10.1. The normalized spacial score (nSPS) is 18.7. The van der Waals surface area contributed by atoms with E-state index in [2.05, 4.69) is 20.4 Å². The van der Waals surface area contributed by atoms with Crippen LogP contribution in [0.5, 0.6) is 0 Å². The van der Waals surface area contributed by atoms with Gasteiger partial charge >= 0.3 is 0 Å². The van der Waals surface area contributed by atoms with Gasteiger partial charge in [0.15, 0.2) is 0 Å². The van der Waals surface area contributed by atoms with Gasteiger partial charge in [-0.05, 0) is 19.9 Å². The number of H-pyrrole nitrogens is 1. The third-order valence-electron chi connectivity index (χ3n) is 4.21. The van der Waals surface area contributed by atoms with Crippen LogP contribution in [0.1, 0.15) is 31.7 Å². The molecular formula is C16H27N5O3. The molecule has 1 aromatic heterocycles. The zero-order chi connectivity index (χ0) is 17.7.